The molecule has 2 aromatic heterocycles. The number of primary amides is 2. The molecule has 2 aliphatic heterocycles. The second-order valence-corrected chi connectivity index (χ2v) is 35.8. The highest BCUT2D eigenvalue weighted by molar-refractivity contribution is 8.00. The fraction of sp³-hybridized carbons (Fsp3) is 0.500. The second-order valence-electron chi connectivity index (χ2n) is 34.8. The van der Waals surface area contributed by atoms with Crippen molar-refractivity contribution in [2.75, 3.05) is 72.5 Å². The number of para-hydroxylation sites is 1. The zero-order chi connectivity index (χ0) is 99.6. The van der Waals surface area contributed by atoms with Gasteiger partial charge in [0, 0.05) is 102 Å². The molecule has 2 aliphatic rings. The number of carbonyl (C=O) groups excluding carboxylic acids is 17. The number of fused-ring (bicyclic) bond motifs is 2. The minimum Gasteiger partial charge on any atom is -0.394 e. The number of guanidine groups is 1. The summed E-state index contributed by atoms with van der Waals surface area (Å²) in [7, 11) is 5.26. The first-order chi connectivity index (χ1) is 64.8. The lowest BCUT2D eigenvalue weighted by molar-refractivity contribution is -0.149. The molecule has 0 saturated carbocycles. The zero-order valence-electron chi connectivity index (χ0n) is 78.6. The number of H-pyrrole nitrogens is 2. The van der Waals surface area contributed by atoms with Gasteiger partial charge in [-0.2, -0.15) is 0 Å². The number of benzene rings is 4. The molecule has 8 rings (SSSR count). The molecule has 6 aromatic rings. The second kappa shape index (κ2) is 52.7. The Balaban J connectivity index is 1.19. The van der Waals surface area contributed by atoms with Gasteiger partial charge in [0.25, 0.3) is 0 Å². The summed E-state index contributed by atoms with van der Waals surface area (Å²) in [6, 6.07) is 10.6. The average Bonchev–Trinajstić information content (AvgIpc) is 1.49. The van der Waals surface area contributed by atoms with E-state index in [-0.39, 0.29) is 89.6 Å². The SMILES string of the molecule is CCCCC1C(=O)N(C)[C@@H](CCCC)C(=O)N[C@@H](CCCNC(=N)N)C(=O)N[C@H](C(=O)NCC(N)=O)CSCC(=O)N[C@@H](Cc2ccccc2)C(=O)N(C)[C@@H](C)C(=O)N[C@@H](CC(N)=O)C(=O)N2CCC[C@H]2C(=O)N[C@@H](Cc2cnc[nH]2)C(=O)N[C@@H](CC(C)C)C(=O)N(C)CC(=O)N[C@@H](Cc2c[nH]c3ccccc23)C(=O)N[C@@H](CO)C(=O)N[C@@H](Cc2ccc(-c3ccccc3C)cc2)C(=O)N1C. The van der Waals surface area contributed by atoms with Crippen molar-refractivity contribution >= 4 is 129 Å². The number of aryl methyl sites for hydroxylation is 1. The third-order valence-electron chi connectivity index (χ3n) is 23.9. The molecule has 17 amide bonds. The van der Waals surface area contributed by atoms with Crippen LogP contribution in [-0.2, 0) is 107 Å². The Morgan fingerprint density at radius 2 is 1.12 bits per heavy atom. The summed E-state index contributed by atoms with van der Waals surface area (Å²) in [5, 5.41) is 48.9. The summed E-state index contributed by atoms with van der Waals surface area (Å²) >= 11 is 0.796. The minimum absolute atomic E-state index is 0.000154. The number of hydrogen-bond donors (Lipinski definition) is 18. The quantitative estimate of drug-likeness (QED) is 0.0173. The molecule has 2 fully saturated rings. The maximum absolute atomic E-state index is 15.8. The number of aliphatic hydroxyl groups excluding tert-OH is 1. The summed E-state index contributed by atoms with van der Waals surface area (Å²) in [6.45, 7) is 7.88. The number of imidazole rings is 1. The van der Waals surface area contributed by atoms with Crippen molar-refractivity contribution in [1.29, 1.82) is 5.41 Å². The monoisotopic (exact) mass is 1900 g/mol. The van der Waals surface area contributed by atoms with Crippen molar-refractivity contribution in [3.63, 3.8) is 0 Å². The molecule has 0 bridgehead atoms. The van der Waals surface area contributed by atoms with Crippen molar-refractivity contribution < 1.29 is 86.6 Å². The van der Waals surface area contributed by atoms with Gasteiger partial charge in [0.05, 0.1) is 38.2 Å². The smallest absolute Gasteiger partial charge is 0.246 e. The molecular weight excluding hydrogens is 1770 g/mol. The van der Waals surface area contributed by atoms with Crippen molar-refractivity contribution in [3.05, 3.63) is 150 Å². The van der Waals surface area contributed by atoms with E-state index in [1.165, 1.54) is 47.6 Å². The largest absolute Gasteiger partial charge is 0.394 e. The van der Waals surface area contributed by atoms with Gasteiger partial charge in [-0.1, -0.05) is 150 Å². The molecule has 42 heteroatoms. The highest BCUT2D eigenvalue weighted by atomic mass is 32.2. The number of amides is 17. The molecule has 4 heterocycles. The van der Waals surface area contributed by atoms with Crippen LogP contribution < -0.4 is 75.7 Å². The number of aliphatic hydroxyl groups is 1. The Morgan fingerprint density at radius 1 is 0.551 bits per heavy atom. The molecule has 0 spiro atoms. The molecular formula is C94H131N23O18S. The molecule has 41 nitrogen and oxygen atoms in total. The van der Waals surface area contributed by atoms with Gasteiger partial charge in [-0.05, 0) is 104 Å². The molecule has 4 aromatic carbocycles. The van der Waals surface area contributed by atoms with Crippen LogP contribution in [0.4, 0.5) is 0 Å². The lowest BCUT2D eigenvalue weighted by Gasteiger charge is -2.36. The molecule has 0 radical (unpaired) electrons. The lowest BCUT2D eigenvalue weighted by atomic mass is 9.97. The summed E-state index contributed by atoms with van der Waals surface area (Å²) in [6.07, 6.45) is 4.36. The van der Waals surface area contributed by atoms with Gasteiger partial charge in [-0.25, -0.2) is 4.98 Å². The first-order valence-corrected chi connectivity index (χ1v) is 46.9. The lowest BCUT2D eigenvalue weighted by Crippen LogP contribution is -2.61. The minimum atomic E-state index is -1.85. The number of hydrogen-bond acceptors (Lipinski definition) is 21. The number of likely N-dealkylation sites (N-methyl/N-ethyl adjacent to an activating group) is 4. The van der Waals surface area contributed by atoms with E-state index in [2.05, 4.69) is 73.4 Å². The Labute approximate surface area is 794 Å². The number of nitrogens with zero attached hydrogens (tertiary/aromatic N) is 6. The highest BCUT2D eigenvalue weighted by Gasteiger charge is 2.44. The first-order valence-electron chi connectivity index (χ1n) is 45.7. The Hall–Kier alpha value is -13.8. The van der Waals surface area contributed by atoms with Crippen LogP contribution in [0, 0.1) is 18.3 Å². The van der Waals surface area contributed by atoms with Crippen LogP contribution in [0.15, 0.2) is 122 Å². The van der Waals surface area contributed by atoms with Crippen LogP contribution in [0.3, 0.4) is 0 Å². The van der Waals surface area contributed by atoms with Crippen LogP contribution in [0.5, 0.6) is 0 Å². The van der Waals surface area contributed by atoms with Crippen LogP contribution in [0.25, 0.3) is 22.0 Å². The van der Waals surface area contributed by atoms with Gasteiger partial charge in [-0.15, -0.1) is 11.8 Å². The van der Waals surface area contributed by atoms with E-state index in [4.69, 9.17) is 22.6 Å². The van der Waals surface area contributed by atoms with Gasteiger partial charge < -0.3 is 115 Å². The standard InChI is InChI=1S/C94H131N23O18S/c1-11-13-31-74-87(129)106-65(30-22-38-100-94(97)98)83(125)112-73(82(124)102-48-78(96)120)51-136-52-80(122)105-69(41-57-25-16-15-17-26-57)90(132)114(8)56(6)81(123)108-71(45-77(95)119)92(134)117-39-23-33-75(117)88(130)107-67(44-61-47-99-53-103-61)85(127)109-68(40-54(3)4)89(131)113(7)49-79(121)104-66(43-60-46-101-64-29-21-20-28-63(60)64)84(126)111-72(50-118)86(128)110-70(91(133)116(10)76(32-14-12-2)93(135)115(74)9)42-58-34-36-59(37-35-58)62-27-19-18-24-55(62)5/h15-21,24-29,34-37,46-47,53-54,56,65-76,101,118H,11-14,22-23,30-33,38-45,48-52H2,1-10H3,(H2,95,119)(H2,96,120)(H,99,103)(H,102,124)(H,104,121)(H,105,122)(H,106,129)(H,107,130)(H,108,123)(H,109,127)(H,110,128)(H,111,126)(H,112,125)(H4,97,98,100)/t56-,65-,66-,67-,68-,69-,70-,71-,72-,73-,74-,75-,76?/m0/s1. The van der Waals surface area contributed by atoms with Crippen molar-refractivity contribution in [2.45, 2.75) is 223 Å². The topological polar surface area (TPSA) is 605 Å². The van der Waals surface area contributed by atoms with Gasteiger partial charge >= 0.3 is 0 Å². The predicted octanol–water partition coefficient (Wildman–Crippen LogP) is -0.644. The van der Waals surface area contributed by atoms with Crippen molar-refractivity contribution in [1.82, 2.24) is 97.9 Å². The van der Waals surface area contributed by atoms with Crippen LogP contribution in [-0.4, -0.2) is 302 Å². The van der Waals surface area contributed by atoms with E-state index in [0.29, 0.717) is 59.0 Å². The number of aromatic nitrogens is 3. The third kappa shape index (κ3) is 31.7. The number of rotatable bonds is 27. The maximum atomic E-state index is 15.8. The van der Waals surface area contributed by atoms with E-state index in [1.54, 1.807) is 86.8 Å². The van der Waals surface area contributed by atoms with Crippen LogP contribution >= 0.6 is 11.8 Å². The van der Waals surface area contributed by atoms with Gasteiger partial charge in [0.15, 0.2) is 5.96 Å². The molecule has 1 unspecified atom stereocenters. The molecule has 21 N–H and O–H groups in total. The number of unbranched alkanes of at least 4 members (excludes halogenated alkanes) is 2. The summed E-state index contributed by atoms with van der Waals surface area (Å²) < 4.78 is 0. The number of carbonyl (C=O) groups is 17. The molecule has 2 saturated heterocycles. The van der Waals surface area contributed by atoms with Gasteiger partial charge in [0.2, 0.25) is 100 Å². The summed E-state index contributed by atoms with van der Waals surface area (Å²) in [5.74, 6) is -17.1. The molecule has 736 valence electrons. The fourth-order valence-electron chi connectivity index (χ4n) is 16.2. The molecule has 13 atom stereocenters. The first kappa shape index (κ1) is 108. The van der Waals surface area contributed by atoms with Crippen molar-refractivity contribution in [3.8, 4) is 11.1 Å². The number of thioether (sulfide) groups is 1. The van der Waals surface area contributed by atoms with E-state index < -0.39 is 223 Å². The summed E-state index contributed by atoms with van der Waals surface area (Å²) in [4.78, 5) is 265. The Kier molecular flexibility index (Phi) is 41.7. The predicted molar refractivity (Wildman–Crippen MR) is 508 cm³/mol. The molecule has 0 aliphatic carbocycles. The Morgan fingerprint density at radius 3 is 1.76 bits per heavy atom. The average molecular weight is 1900 g/mol. The number of aromatic amines is 2. The number of nitrogens with two attached hydrogens (primary N) is 3. The normalized spacial score (nSPS) is 23.1. The maximum Gasteiger partial charge on any atom is 0.246 e. The van der Waals surface area contributed by atoms with E-state index >= 15 is 24.0 Å². The zero-order valence-corrected chi connectivity index (χ0v) is 79.4. The molecule has 136 heavy (non-hydrogen) atoms. The van der Waals surface area contributed by atoms with Gasteiger partial charge in [-0.3, -0.25) is 86.9 Å². The van der Waals surface area contributed by atoms with E-state index in [1.807, 2.05) is 57.2 Å². The third-order valence-corrected chi connectivity index (χ3v) is 24.9. The van der Waals surface area contributed by atoms with Crippen LogP contribution in [0.2, 0.25) is 0 Å². The highest BCUT2D eigenvalue weighted by Crippen LogP contribution is 2.27. The van der Waals surface area contributed by atoms with Crippen LogP contribution in [0.1, 0.15) is 140 Å². The summed E-state index contributed by atoms with van der Waals surface area (Å²) in [5.41, 5.74) is 22.1. The van der Waals surface area contributed by atoms with E-state index in [9.17, 15) is 62.6 Å². The van der Waals surface area contributed by atoms with Crippen molar-refractivity contribution in [2.24, 2.45) is 23.1 Å². The van der Waals surface area contributed by atoms with Gasteiger partial charge in [0.1, 0.15) is 78.5 Å². The Bertz CT molecular complexity index is 5180. The fourth-order valence-corrected chi connectivity index (χ4v) is 17.1. The number of nitrogens with one attached hydrogen (secondary N) is 14. The van der Waals surface area contributed by atoms with E-state index in [0.717, 1.165) is 53.0 Å².